The Hall–Kier alpha value is -1.10. The maximum absolute atomic E-state index is 12.4. The summed E-state index contributed by atoms with van der Waals surface area (Å²) in [6, 6.07) is -0.239. The van der Waals surface area contributed by atoms with Crippen molar-refractivity contribution < 1.29 is 9.59 Å². The fraction of sp³-hybridized carbons (Fsp3) is 0.867. The number of hydrogen-bond acceptors (Lipinski definition) is 3. The molecule has 1 aliphatic heterocycles. The first-order chi connectivity index (χ1) is 9.38. The van der Waals surface area contributed by atoms with Crippen LogP contribution in [0.25, 0.3) is 0 Å². The molecule has 0 radical (unpaired) electrons. The first kappa shape index (κ1) is 17.0. The fourth-order valence-corrected chi connectivity index (χ4v) is 2.48. The average Bonchev–Trinajstić information content (AvgIpc) is 2.71. The van der Waals surface area contributed by atoms with Crippen LogP contribution in [0.4, 0.5) is 0 Å². The number of likely N-dealkylation sites (tertiary alicyclic amines) is 1. The lowest BCUT2D eigenvalue weighted by Gasteiger charge is -2.28. The maximum atomic E-state index is 12.4. The van der Waals surface area contributed by atoms with Crippen LogP contribution < -0.4 is 10.6 Å². The number of hydrogen-bond donors (Lipinski definition) is 2. The van der Waals surface area contributed by atoms with Crippen molar-refractivity contribution in [1.29, 1.82) is 0 Å². The van der Waals surface area contributed by atoms with Gasteiger partial charge in [-0.15, -0.1) is 0 Å². The van der Waals surface area contributed by atoms with Crippen molar-refractivity contribution in [3.05, 3.63) is 0 Å². The van der Waals surface area contributed by atoms with Crippen LogP contribution in [0.5, 0.6) is 0 Å². The zero-order valence-corrected chi connectivity index (χ0v) is 13.3. The first-order valence-electron chi connectivity index (χ1n) is 7.63. The van der Waals surface area contributed by atoms with Crippen molar-refractivity contribution >= 4 is 11.8 Å². The molecule has 1 aliphatic rings. The molecule has 1 unspecified atom stereocenters. The Labute approximate surface area is 122 Å². The molecule has 0 aromatic heterocycles. The number of nitrogens with one attached hydrogen (secondary N) is 2. The van der Waals surface area contributed by atoms with Crippen LogP contribution in [0.15, 0.2) is 0 Å². The molecule has 0 bridgehead atoms. The molecular formula is C15H29N3O2. The smallest absolute Gasteiger partial charge is 0.239 e. The van der Waals surface area contributed by atoms with E-state index in [9.17, 15) is 9.59 Å². The molecule has 1 atom stereocenters. The van der Waals surface area contributed by atoms with E-state index in [1.165, 1.54) is 12.8 Å². The van der Waals surface area contributed by atoms with E-state index in [0.29, 0.717) is 6.54 Å². The maximum Gasteiger partial charge on any atom is 0.239 e. The normalized spacial score (nSPS) is 18.3. The summed E-state index contributed by atoms with van der Waals surface area (Å²) in [7, 11) is 1.63. The Kier molecular flexibility index (Phi) is 6.46. The van der Waals surface area contributed by atoms with Gasteiger partial charge in [0, 0.05) is 26.7 Å². The number of carbonyl (C=O) groups excluding carboxylic acids is 2. The molecule has 0 spiro atoms. The SMILES string of the molecule is CNC(=O)C(C)(C)CNC(C)C(=O)N1CCCCCC1. The van der Waals surface area contributed by atoms with Crippen LogP contribution in [-0.4, -0.2) is 49.4 Å². The van der Waals surface area contributed by atoms with Crippen molar-refractivity contribution in [2.24, 2.45) is 5.41 Å². The Morgan fingerprint density at radius 1 is 1.15 bits per heavy atom. The van der Waals surface area contributed by atoms with Crippen LogP contribution in [0.1, 0.15) is 46.5 Å². The van der Waals surface area contributed by atoms with Gasteiger partial charge in [0.15, 0.2) is 0 Å². The number of rotatable bonds is 5. The van der Waals surface area contributed by atoms with Gasteiger partial charge in [-0.25, -0.2) is 0 Å². The lowest BCUT2D eigenvalue weighted by Crippen LogP contribution is -2.50. The molecule has 20 heavy (non-hydrogen) atoms. The van der Waals surface area contributed by atoms with Crippen molar-refractivity contribution in [3.63, 3.8) is 0 Å². The first-order valence-corrected chi connectivity index (χ1v) is 7.63. The second-order valence-electron chi connectivity index (χ2n) is 6.31. The quantitative estimate of drug-likeness (QED) is 0.795. The molecule has 5 heteroatoms. The van der Waals surface area contributed by atoms with Gasteiger partial charge in [0.1, 0.15) is 0 Å². The van der Waals surface area contributed by atoms with Gasteiger partial charge >= 0.3 is 0 Å². The predicted octanol–water partition coefficient (Wildman–Crippen LogP) is 1.14. The zero-order valence-electron chi connectivity index (χ0n) is 13.3. The Bertz CT molecular complexity index is 334. The third-order valence-electron chi connectivity index (χ3n) is 3.98. The summed E-state index contributed by atoms with van der Waals surface area (Å²) in [6.07, 6.45) is 4.63. The summed E-state index contributed by atoms with van der Waals surface area (Å²) in [5.74, 6) is 0.138. The lowest BCUT2D eigenvalue weighted by molar-refractivity contribution is -0.134. The monoisotopic (exact) mass is 283 g/mol. The molecule has 2 amide bonds. The van der Waals surface area contributed by atoms with E-state index in [0.717, 1.165) is 25.9 Å². The molecule has 0 aromatic carbocycles. The van der Waals surface area contributed by atoms with Gasteiger partial charge in [0.2, 0.25) is 11.8 Å². The summed E-state index contributed by atoms with van der Waals surface area (Å²) in [6.45, 7) is 7.86. The summed E-state index contributed by atoms with van der Waals surface area (Å²) in [5, 5.41) is 5.86. The minimum atomic E-state index is -0.512. The lowest BCUT2D eigenvalue weighted by atomic mass is 9.92. The van der Waals surface area contributed by atoms with Crippen LogP contribution >= 0.6 is 0 Å². The van der Waals surface area contributed by atoms with Gasteiger partial charge in [0.25, 0.3) is 0 Å². The molecule has 116 valence electrons. The van der Waals surface area contributed by atoms with Gasteiger partial charge in [-0.05, 0) is 33.6 Å². The van der Waals surface area contributed by atoms with Crippen LogP contribution in [-0.2, 0) is 9.59 Å². The molecule has 1 fully saturated rings. The molecule has 2 N–H and O–H groups in total. The van der Waals surface area contributed by atoms with Crippen molar-refractivity contribution in [3.8, 4) is 0 Å². The second kappa shape index (κ2) is 7.62. The summed E-state index contributed by atoms with van der Waals surface area (Å²) < 4.78 is 0. The summed E-state index contributed by atoms with van der Waals surface area (Å²) in [5.41, 5.74) is -0.512. The highest BCUT2D eigenvalue weighted by molar-refractivity contribution is 5.83. The molecule has 5 nitrogen and oxygen atoms in total. The van der Waals surface area contributed by atoms with Crippen molar-refractivity contribution in [1.82, 2.24) is 15.5 Å². The highest BCUT2D eigenvalue weighted by Crippen LogP contribution is 2.14. The third kappa shape index (κ3) is 4.78. The van der Waals surface area contributed by atoms with E-state index < -0.39 is 5.41 Å². The van der Waals surface area contributed by atoms with E-state index in [1.54, 1.807) is 7.05 Å². The van der Waals surface area contributed by atoms with Crippen molar-refractivity contribution in [2.45, 2.75) is 52.5 Å². The molecule has 1 saturated heterocycles. The van der Waals surface area contributed by atoms with E-state index in [4.69, 9.17) is 0 Å². The van der Waals surface area contributed by atoms with Gasteiger partial charge < -0.3 is 15.5 Å². The molecule has 1 heterocycles. The Morgan fingerprint density at radius 2 is 1.70 bits per heavy atom. The van der Waals surface area contributed by atoms with Gasteiger partial charge in [-0.3, -0.25) is 9.59 Å². The van der Waals surface area contributed by atoms with E-state index in [-0.39, 0.29) is 17.9 Å². The average molecular weight is 283 g/mol. The van der Waals surface area contributed by atoms with E-state index >= 15 is 0 Å². The molecule has 0 saturated carbocycles. The van der Waals surface area contributed by atoms with Gasteiger partial charge in [0.05, 0.1) is 11.5 Å². The second-order valence-corrected chi connectivity index (χ2v) is 6.31. The fourth-order valence-electron chi connectivity index (χ4n) is 2.48. The highest BCUT2D eigenvalue weighted by atomic mass is 16.2. The van der Waals surface area contributed by atoms with Crippen LogP contribution in [0.3, 0.4) is 0 Å². The number of amides is 2. The number of nitrogens with zero attached hydrogens (tertiary/aromatic N) is 1. The molecular weight excluding hydrogens is 254 g/mol. The topological polar surface area (TPSA) is 61.4 Å². The minimum absolute atomic E-state index is 0.0144. The van der Waals surface area contributed by atoms with Gasteiger partial charge in [-0.1, -0.05) is 12.8 Å². The Morgan fingerprint density at radius 3 is 2.20 bits per heavy atom. The van der Waals surface area contributed by atoms with Gasteiger partial charge in [-0.2, -0.15) is 0 Å². The minimum Gasteiger partial charge on any atom is -0.359 e. The Balaban J connectivity index is 2.47. The van der Waals surface area contributed by atoms with Crippen molar-refractivity contribution in [2.75, 3.05) is 26.7 Å². The standard InChI is InChI=1S/C15H29N3O2/c1-12(17-11-15(2,3)14(20)16-4)13(19)18-9-7-5-6-8-10-18/h12,17H,5-11H2,1-4H3,(H,16,20). The summed E-state index contributed by atoms with van der Waals surface area (Å²) in [4.78, 5) is 26.0. The van der Waals surface area contributed by atoms with E-state index in [2.05, 4.69) is 10.6 Å². The van der Waals surface area contributed by atoms with Crippen LogP contribution in [0, 0.1) is 5.41 Å². The third-order valence-corrected chi connectivity index (χ3v) is 3.98. The summed E-state index contributed by atoms with van der Waals surface area (Å²) >= 11 is 0. The highest BCUT2D eigenvalue weighted by Gasteiger charge is 2.29. The molecule has 0 aromatic rings. The molecule has 1 rings (SSSR count). The van der Waals surface area contributed by atoms with Crippen LogP contribution in [0.2, 0.25) is 0 Å². The molecule has 0 aliphatic carbocycles. The number of carbonyl (C=O) groups is 2. The zero-order chi connectivity index (χ0) is 15.2. The van der Waals surface area contributed by atoms with E-state index in [1.807, 2.05) is 25.7 Å². The largest absolute Gasteiger partial charge is 0.359 e. The predicted molar refractivity (Wildman–Crippen MR) is 80.4 cm³/mol.